The molecule has 5 heteroatoms. The highest BCUT2D eigenvalue weighted by Gasteiger charge is 2.17. The van der Waals surface area contributed by atoms with E-state index >= 15 is 0 Å². The molecule has 2 aromatic rings. The monoisotopic (exact) mass is 231 g/mol. The van der Waals surface area contributed by atoms with Crippen molar-refractivity contribution in [1.82, 2.24) is 0 Å². The van der Waals surface area contributed by atoms with Crippen molar-refractivity contribution >= 4 is 11.7 Å². The van der Waals surface area contributed by atoms with Crippen molar-refractivity contribution in [2.75, 3.05) is 5.73 Å². The molecular weight excluding hydrogens is 220 g/mol. The van der Waals surface area contributed by atoms with Gasteiger partial charge in [0.25, 0.3) is 0 Å². The highest BCUT2D eigenvalue weighted by atomic mass is 16.7. The van der Waals surface area contributed by atoms with Crippen molar-refractivity contribution in [3.8, 4) is 5.75 Å². The van der Waals surface area contributed by atoms with Crippen LogP contribution in [0.5, 0.6) is 5.75 Å². The molecule has 0 saturated carbocycles. The fraction of sp³-hybridized carbons (Fsp3) is 0. The Bertz CT molecular complexity index is 538. The lowest BCUT2D eigenvalue weighted by atomic mass is 10.2. The number of para-hydroxylation sites is 1. The van der Waals surface area contributed by atoms with Gasteiger partial charge in [-0.3, -0.25) is 0 Å². The summed E-state index contributed by atoms with van der Waals surface area (Å²) in [5.74, 6) is -0.758. The molecule has 1 heterocycles. The van der Waals surface area contributed by atoms with Crippen LogP contribution in [0.15, 0.2) is 48.8 Å². The fourth-order valence-electron chi connectivity index (χ4n) is 1.28. The van der Waals surface area contributed by atoms with Crippen LogP contribution in [0.2, 0.25) is 0 Å². The molecule has 0 unspecified atom stereocenters. The maximum atomic E-state index is 11.7. The minimum atomic E-state index is -0.641. The average Bonchev–Trinajstić information content (AvgIpc) is 2.32. The Morgan fingerprint density at radius 1 is 1.18 bits per heavy atom. The van der Waals surface area contributed by atoms with Gasteiger partial charge in [-0.15, -0.1) is 0 Å². The highest BCUT2D eigenvalue weighted by molar-refractivity contribution is 5.92. The van der Waals surface area contributed by atoms with Crippen LogP contribution in [0.25, 0.3) is 0 Å². The van der Waals surface area contributed by atoms with Crippen LogP contribution >= 0.6 is 0 Å². The second kappa shape index (κ2) is 4.52. The minimum Gasteiger partial charge on any atom is -0.507 e. The van der Waals surface area contributed by atoms with Gasteiger partial charge in [0, 0.05) is 22.6 Å². The number of nitrogens with zero attached hydrogens (tertiary/aromatic N) is 1. The maximum Gasteiger partial charge on any atom is 0.414 e. The van der Waals surface area contributed by atoms with E-state index in [0.717, 1.165) is 0 Å². The zero-order valence-electron chi connectivity index (χ0n) is 8.91. The molecular formula is C12H11N2O3+. The van der Waals surface area contributed by atoms with E-state index in [2.05, 4.69) is 0 Å². The molecule has 0 spiro atoms. The van der Waals surface area contributed by atoms with E-state index in [9.17, 15) is 9.90 Å². The van der Waals surface area contributed by atoms with Gasteiger partial charge in [-0.2, -0.15) is 4.84 Å². The summed E-state index contributed by atoms with van der Waals surface area (Å²) < 4.78 is 1.21. The smallest absolute Gasteiger partial charge is 0.414 e. The zero-order valence-corrected chi connectivity index (χ0v) is 8.91. The van der Waals surface area contributed by atoms with Crippen molar-refractivity contribution in [3.63, 3.8) is 0 Å². The Labute approximate surface area is 97.6 Å². The van der Waals surface area contributed by atoms with Crippen LogP contribution in [0.1, 0.15) is 10.4 Å². The molecule has 0 atom stereocenters. The number of nitrogens with two attached hydrogens (primary N) is 1. The molecule has 1 aromatic heterocycles. The first-order valence-corrected chi connectivity index (χ1v) is 4.94. The van der Waals surface area contributed by atoms with E-state index in [4.69, 9.17) is 10.6 Å². The molecule has 1 aromatic carbocycles. The number of rotatable bonds is 2. The second-order valence-corrected chi connectivity index (χ2v) is 3.39. The summed E-state index contributed by atoms with van der Waals surface area (Å²) in [7, 11) is 0. The van der Waals surface area contributed by atoms with Gasteiger partial charge in [-0.1, -0.05) is 12.1 Å². The van der Waals surface area contributed by atoms with E-state index in [0.29, 0.717) is 5.69 Å². The number of hydrogen-bond donors (Lipinski definition) is 2. The molecule has 0 saturated heterocycles. The standard InChI is InChI=1S/C12H10N2O3/c13-9-5-7-14(8-6-9)17-12(16)10-3-1-2-4-11(10)15/h1-8,13H,(H,15,16)/p+1. The van der Waals surface area contributed by atoms with Crippen LogP contribution in [-0.4, -0.2) is 11.1 Å². The molecule has 0 aliphatic carbocycles. The van der Waals surface area contributed by atoms with Gasteiger partial charge in [-0.05, 0) is 12.1 Å². The molecule has 0 aliphatic heterocycles. The number of carbonyl (C=O) groups is 1. The molecule has 0 fully saturated rings. The Hall–Kier alpha value is -2.56. The van der Waals surface area contributed by atoms with Crippen LogP contribution in [0, 0.1) is 0 Å². The molecule has 86 valence electrons. The number of hydrogen-bond acceptors (Lipinski definition) is 4. The third-order valence-electron chi connectivity index (χ3n) is 2.14. The quantitative estimate of drug-likeness (QED) is 0.739. The van der Waals surface area contributed by atoms with Gasteiger partial charge in [0.05, 0.1) is 0 Å². The van der Waals surface area contributed by atoms with Gasteiger partial charge in [0.15, 0.2) is 0 Å². The van der Waals surface area contributed by atoms with E-state index in [1.54, 1.807) is 24.3 Å². The first-order chi connectivity index (χ1) is 8.16. The molecule has 5 nitrogen and oxygen atoms in total. The molecule has 0 amide bonds. The molecule has 17 heavy (non-hydrogen) atoms. The normalized spacial score (nSPS) is 9.88. The lowest BCUT2D eigenvalue weighted by Gasteiger charge is -1.99. The number of nitrogen functional groups attached to an aromatic ring is 1. The molecule has 0 bridgehead atoms. The van der Waals surface area contributed by atoms with E-state index in [1.165, 1.54) is 29.3 Å². The summed E-state index contributed by atoms with van der Waals surface area (Å²) in [6, 6.07) is 9.36. The fourth-order valence-corrected chi connectivity index (χ4v) is 1.28. The zero-order chi connectivity index (χ0) is 12.3. The lowest BCUT2D eigenvalue weighted by Crippen LogP contribution is -2.45. The van der Waals surface area contributed by atoms with E-state index in [1.807, 2.05) is 0 Å². The molecule has 0 radical (unpaired) electrons. The molecule has 2 rings (SSSR count). The van der Waals surface area contributed by atoms with Crippen molar-refractivity contribution in [2.45, 2.75) is 0 Å². The number of phenolic OH excluding ortho intramolecular Hbond substituents is 1. The summed E-state index contributed by atoms with van der Waals surface area (Å²) in [4.78, 5) is 16.7. The van der Waals surface area contributed by atoms with Gasteiger partial charge >= 0.3 is 5.97 Å². The lowest BCUT2D eigenvalue weighted by molar-refractivity contribution is -0.867. The summed E-state index contributed by atoms with van der Waals surface area (Å²) in [5, 5.41) is 9.47. The topological polar surface area (TPSA) is 76.4 Å². The van der Waals surface area contributed by atoms with Crippen molar-refractivity contribution in [3.05, 3.63) is 54.4 Å². The number of aromatic hydroxyl groups is 1. The predicted molar refractivity (Wildman–Crippen MR) is 60.1 cm³/mol. The average molecular weight is 231 g/mol. The van der Waals surface area contributed by atoms with Crippen molar-refractivity contribution in [2.24, 2.45) is 0 Å². The van der Waals surface area contributed by atoms with E-state index in [-0.39, 0.29) is 11.3 Å². The maximum absolute atomic E-state index is 11.7. The summed E-state index contributed by atoms with van der Waals surface area (Å²) in [6.07, 6.45) is 3.01. The largest absolute Gasteiger partial charge is 0.507 e. The predicted octanol–water partition coefficient (Wildman–Crippen LogP) is 0.531. The number of anilines is 1. The highest BCUT2D eigenvalue weighted by Crippen LogP contribution is 2.14. The number of benzene rings is 1. The van der Waals surface area contributed by atoms with Gasteiger partial charge < -0.3 is 10.8 Å². The van der Waals surface area contributed by atoms with Crippen molar-refractivity contribution < 1.29 is 19.5 Å². The van der Waals surface area contributed by atoms with Gasteiger partial charge in [-0.25, -0.2) is 4.79 Å². The van der Waals surface area contributed by atoms with Crippen LogP contribution in [0.4, 0.5) is 5.69 Å². The summed E-state index contributed by atoms with van der Waals surface area (Å²) >= 11 is 0. The first kappa shape index (κ1) is 10.9. The first-order valence-electron chi connectivity index (χ1n) is 4.94. The SMILES string of the molecule is Nc1cc[n+](OC(=O)c2ccccc2O)cc1. The van der Waals surface area contributed by atoms with Gasteiger partial charge in [0.1, 0.15) is 11.3 Å². The van der Waals surface area contributed by atoms with Crippen LogP contribution in [-0.2, 0) is 0 Å². The van der Waals surface area contributed by atoms with Crippen molar-refractivity contribution in [1.29, 1.82) is 0 Å². The second-order valence-electron chi connectivity index (χ2n) is 3.39. The summed E-state index contributed by atoms with van der Waals surface area (Å²) in [6.45, 7) is 0. The number of pyridine rings is 1. The van der Waals surface area contributed by atoms with Crippen LogP contribution < -0.4 is 15.3 Å². The third kappa shape index (κ3) is 2.52. The Kier molecular flexibility index (Phi) is 2.91. The number of carbonyl (C=O) groups excluding carboxylic acids is 1. The van der Waals surface area contributed by atoms with E-state index < -0.39 is 5.97 Å². The minimum absolute atomic E-state index is 0.108. The van der Waals surface area contributed by atoms with Gasteiger partial charge in [0.2, 0.25) is 12.4 Å². The third-order valence-corrected chi connectivity index (χ3v) is 2.14. The molecule has 0 aliphatic rings. The number of aromatic nitrogens is 1. The summed E-state index contributed by atoms with van der Waals surface area (Å²) in [5.41, 5.74) is 6.18. The Balaban J connectivity index is 2.17. The number of phenols is 1. The Morgan fingerprint density at radius 2 is 1.82 bits per heavy atom. The Morgan fingerprint density at radius 3 is 2.47 bits per heavy atom. The molecule has 3 N–H and O–H groups in total. The van der Waals surface area contributed by atoms with Crippen LogP contribution in [0.3, 0.4) is 0 Å².